The zero-order valence-corrected chi connectivity index (χ0v) is 7.58. The molecule has 0 fully saturated rings. The average molecular weight is 195 g/mol. The summed E-state index contributed by atoms with van der Waals surface area (Å²) in [7, 11) is 0. The normalized spacial score (nSPS) is 10.2. The fraction of sp³-hybridized carbons (Fsp3) is 0. The summed E-state index contributed by atoms with van der Waals surface area (Å²) in [5, 5.41) is 12.9. The Morgan fingerprint density at radius 3 is 3.00 bits per heavy atom. The van der Waals surface area contributed by atoms with Gasteiger partial charge in [0, 0.05) is 0 Å². The number of hydrogen-bond acceptors (Lipinski definition) is 3. The fourth-order valence-electron chi connectivity index (χ4n) is 0.776. The number of nitrogens with zero attached hydrogens (tertiary/aromatic N) is 1. The van der Waals surface area contributed by atoms with Gasteiger partial charge in [0.05, 0.1) is 6.21 Å². The van der Waals surface area contributed by atoms with Crippen LogP contribution in [0.15, 0.2) is 29.4 Å². The van der Waals surface area contributed by atoms with Gasteiger partial charge in [-0.05, 0) is 29.9 Å². The van der Waals surface area contributed by atoms with E-state index >= 15 is 0 Å². The third kappa shape index (κ3) is 3.53. The van der Waals surface area contributed by atoms with Crippen molar-refractivity contribution in [1.29, 1.82) is 0 Å². The molecule has 5 heteroatoms. The molecule has 0 aliphatic carbocycles. The maximum absolute atomic E-state index is 9.09. The molecule has 0 saturated heterocycles. The van der Waals surface area contributed by atoms with E-state index in [4.69, 9.17) is 10.8 Å². The van der Waals surface area contributed by atoms with E-state index in [9.17, 15) is 0 Å². The van der Waals surface area contributed by atoms with Crippen LogP contribution in [0.25, 0.3) is 0 Å². The van der Waals surface area contributed by atoms with E-state index in [0.29, 0.717) is 0 Å². The van der Waals surface area contributed by atoms with Crippen molar-refractivity contribution in [2.45, 2.75) is 0 Å². The summed E-state index contributed by atoms with van der Waals surface area (Å²) in [6, 6.07) is 6.67. The number of hydrogen-bond donors (Lipinski definition) is 3. The number of hydrazone groups is 1. The summed E-state index contributed by atoms with van der Waals surface area (Å²) in [6.07, 6.45) is 1.51. The third-order valence-corrected chi connectivity index (χ3v) is 1.35. The third-order valence-electron chi connectivity index (χ3n) is 1.26. The van der Waals surface area contributed by atoms with Crippen LogP contribution in [0.4, 0.5) is 0 Å². The summed E-state index contributed by atoms with van der Waals surface area (Å²) in [6.45, 7) is 0. The molecule has 0 bridgehead atoms. The van der Waals surface area contributed by atoms with Crippen LogP contribution in [0.3, 0.4) is 0 Å². The van der Waals surface area contributed by atoms with Crippen molar-refractivity contribution < 1.29 is 5.11 Å². The first-order valence-corrected chi connectivity index (χ1v) is 3.97. The maximum Gasteiger partial charge on any atom is 0.184 e. The number of phenolic OH excluding ortho intramolecular Hbond substituents is 1. The molecule has 0 unspecified atom stereocenters. The smallest absolute Gasteiger partial charge is 0.184 e. The van der Waals surface area contributed by atoms with Gasteiger partial charge in [0.2, 0.25) is 0 Å². The van der Waals surface area contributed by atoms with Gasteiger partial charge >= 0.3 is 0 Å². The lowest BCUT2D eigenvalue weighted by atomic mass is 10.2. The Labute approximate surface area is 81.1 Å². The lowest BCUT2D eigenvalue weighted by Gasteiger charge is -1.95. The van der Waals surface area contributed by atoms with E-state index < -0.39 is 0 Å². The second-order valence-electron chi connectivity index (χ2n) is 2.33. The van der Waals surface area contributed by atoms with Crippen LogP contribution >= 0.6 is 12.2 Å². The molecule has 0 atom stereocenters. The van der Waals surface area contributed by atoms with Gasteiger partial charge in [-0.15, -0.1) is 0 Å². The highest BCUT2D eigenvalue weighted by Crippen LogP contribution is 2.08. The molecule has 0 amide bonds. The lowest BCUT2D eigenvalue weighted by Crippen LogP contribution is -2.23. The van der Waals surface area contributed by atoms with E-state index in [1.54, 1.807) is 24.3 Å². The average Bonchev–Trinajstić information content (AvgIpc) is 2.03. The second kappa shape index (κ2) is 4.42. The molecular formula is C8H9N3OS. The molecular weight excluding hydrogens is 186 g/mol. The SMILES string of the molecule is NC(=S)N/N=C\c1cccc(O)c1. The molecule has 13 heavy (non-hydrogen) atoms. The number of aromatic hydroxyl groups is 1. The van der Waals surface area contributed by atoms with E-state index in [1.807, 2.05) is 0 Å². The Morgan fingerprint density at radius 2 is 2.38 bits per heavy atom. The van der Waals surface area contributed by atoms with Crippen molar-refractivity contribution >= 4 is 23.5 Å². The minimum Gasteiger partial charge on any atom is -0.508 e. The Balaban J connectivity index is 2.63. The van der Waals surface area contributed by atoms with Gasteiger partial charge in [-0.2, -0.15) is 5.10 Å². The zero-order valence-electron chi connectivity index (χ0n) is 6.77. The molecule has 1 aromatic carbocycles. The number of thiocarbonyl (C=S) groups is 1. The van der Waals surface area contributed by atoms with E-state index in [-0.39, 0.29) is 10.9 Å². The highest BCUT2D eigenvalue weighted by atomic mass is 32.1. The van der Waals surface area contributed by atoms with Crippen molar-refractivity contribution in [3.05, 3.63) is 29.8 Å². The van der Waals surface area contributed by atoms with Gasteiger partial charge in [0.1, 0.15) is 5.75 Å². The van der Waals surface area contributed by atoms with Crippen LogP contribution in [0.1, 0.15) is 5.56 Å². The molecule has 4 N–H and O–H groups in total. The standard InChI is InChI=1S/C8H9N3OS/c9-8(13)11-10-5-6-2-1-3-7(12)4-6/h1-5,12H,(H3,9,11,13)/b10-5-. The predicted molar refractivity (Wildman–Crippen MR) is 55.6 cm³/mol. The number of rotatable bonds is 2. The lowest BCUT2D eigenvalue weighted by molar-refractivity contribution is 0.475. The largest absolute Gasteiger partial charge is 0.508 e. The van der Waals surface area contributed by atoms with Crippen molar-refractivity contribution in [2.24, 2.45) is 10.8 Å². The molecule has 0 spiro atoms. The minimum atomic E-state index is 0.108. The number of nitrogens with two attached hydrogens (primary N) is 1. The first-order valence-electron chi connectivity index (χ1n) is 3.56. The first kappa shape index (κ1) is 9.47. The maximum atomic E-state index is 9.09. The van der Waals surface area contributed by atoms with Gasteiger partial charge in [-0.1, -0.05) is 12.1 Å². The van der Waals surface area contributed by atoms with Gasteiger partial charge in [-0.3, -0.25) is 5.43 Å². The Hall–Kier alpha value is -1.62. The highest BCUT2D eigenvalue weighted by molar-refractivity contribution is 7.80. The predicted octanol–water partition coefficient (Wildman–Crippen LogP) is 0.559. The van der Waals surface area contributed by atoms with Gasteiger partial charge in [-0.25, -0.2) is 0 Å². The van der Waals surface area contributed by atoms with Gasteiger partial charge in [0.15, 0.2) is 5.11 Å². The quantitative estimate of drug-likeness (QED) is 0.366. The Bertz CT molecular complexity index is 338. The van der Waals surface area contributed by atoms with E-state index in [1.165, 1.54) is 6.21 Å². The summed E-state index contributed by atoms with van der Waals surface area (Å²) in [5.41, 5.74) is 8.32. The molecule has 0 heterocycles. The van der Waals surface area contributed by atoms with Crippen LogP contribution < -0.4 is 11.2 Å². The van der Waals surface area contributed by atoms with E-state index in [2.05, 4.69) is 22.7 Å². The molecule has 4 nitrogen and oxygen atoms in total. The summed E-state index contributed by atoms with van der Waals surface area (Å²) in [4.78, 5) is 0. The highest BCUT2D eigenvalue weighted by Gasteiger charge is 1.89. The fourth-order valence-corrected chi connectivity index (χ4v) is 0.828. The van der Waals surface area contributed by atoms with Crippen LogP contribution in [0, 0.1) is 0 Å². The zero-order chi connectivity index (χ0) is 9.68. The number of nitrogens with one attached hydrogen (secondary N) is 1. The van der Waals surface area contributed by atoms with Crippen LogP contribution in [0.2, 0.25) is 0 Å². The van der Waals surface area contributed by atoms with Gasteiger partial charge in [0.25, 0.3) is 0 Å². The molecule has 0 saturated carbocycles. The first-order chi connectivity index (χ1) is 6.18. The van der Waals surface area contributed by atoms with Crippen LogP contribution in [-0.2, 0) is 0 Å². The number of phenols is 1. The second-order valence-corrected chi connectivity index (χ2v) is 2.77. The monoisotopic (exact) mass is 195 g/mol. The molecule has 1 aromatic rings. The molecule has 68 valence electrons. The molecule has 0 aliphatic heterocycles. The topological polar surface area (TPSA) is 70.6 Å². The summed E-state index contributed by atoms with van der Waals surface area (Å²) in [5.74, 6) is 0.194. The van der Waals surface area contributed by atoms with Crippen molar-refractivity contribution in [1.82, 2.24) is 5.43 Å². The van der Waals surface area contributed by atoms with Crippen LogP contribution in [0.5, 0.6) is 5.75 Å². The van der Waals surface area contributed by atoms with Crippen molar-refractivity contribution in [3.63, 3.8) is 0 Å². The molecule has 0 radical (unpaired) electrons. The van der Waals surface area contributed by atoms with Crippen molar-refractivity contribution in [3.8, 4) is 5.75 Å². The summed E-state index contributed by atoms with van der Waals surface area (Å²) >= 11 is 4.54. The molecule has 0 aliphatic rings. The minimum absolute atomic E-state index is 0.108. The van der Waals surface area contributed by atoms with Gasteiger partial charge < -0.3 is 10.8 Å². The molecule has 0 aromatic heterocycles. The van der Waals surface area contributed by atoms with Crippen molar-refractivity contribution in [2.75, 3.05) is 0 Å². The number of benzene rings is 1. The molecule has 1 rings (SSSR count). The Morgan fingerprint density at radius 1 is 1.62 bits per heavy atom. The Kier molecular flexibility index (Phi) is 3.22. The van der Waals surface area contributed by atoms with Crippen LogP contribution in [-0.4, -0.2) is 16.4 Å². The summed E-state index contributed by atoms with van der Waals surface area (Å²) < 4.78 is 0. The van der Waals surface area contributed by atoms with E-state index in [0.717, 1.165) is 5.56 Å².